The van der Waals surface area contributed by atoms with Gasteiger partial charge in [0.05, 0.1) is 6.10 Å². The van der Waals surface area contributed by atoms with Crippen LogP contribution in [0.4, 0.5) is 0 Å². The van der Waals surface area contributed by atoms with Gasteiger partial charge in [0.1, 0.15) is 0 Å². The first-order valence-electron chi connectivity index (χ1n) is 6.54. The largest absolute Gasteiger partial charge is 0.382 e. The highest BCUT2D eigenvalue weighted by molar-refractivity contribution is 5.32. The first-order chi connectivity index (χ1) is 8.26. The van der Waals surface area contributed by atoms with Crippen LogP contribution in [0.1, 0.15) is 36.9 Å². The lowest BCUT2D eigenvalue weighted by molar-refractivity contribution is 0.0845. The molecule has 0 saturated heterocycles. The molecule has 0 saturated carbocycles. The zero-order chi connectivity index (χ0) is 12.3. The molecule has 1 N–H and O–H groups in total. The first-order valence-corrected chi connectivity index (χ1v) is 6.54. The van der Waals surface area contributed by atoms with Crippen LogP contribution >= 0.6 is 0 Å². The van der Waals surface area contributed by atoms with Crippen molar-refractivity contribution >= 4 is 0 Å². The van der Waals surface area contributed by atoms with E-state index in [-0.39, 0.29) is 0 Å². The Balaban J connectivity index is 2.17. The monoisotopic (exact) mass is 233 g/mol. The molecular weight excluding hydrogens is 210 g/mol. The summed E-state index contributed by atoms with van der Waals surface area (Å²) in [6.45, 7) is 2.16. The number of rotatable bonds is 4. The second kappa shape index (κ2) is 5.65. The van der Waals surface area contributed by atoms with Gasteiger partial charge in [0.25, 0.3) is 0 Å². The number of hydrogen-bond donors (Lipinski definition) is 1. The third-order valence-corrected chi connectivity index (χ3v) is 3.99. The quantitative estimate of drug-likeness (QED) is 0.863. The van der Waals surface area contributed by atoms with Gasteiger partial charge in [0, 0.05) is 13.2 Å². The predicted molar refractivity (Wildman–Crippen MR) is 71.1 cm³/mol. The van der Waals surface area contributed by atoms with Gasteiger partial charge in [-0.25, -0.2) is 0 Å². The lowest BCUT2D eigenvalue weighted by Crippen LogP contribution is -2.32. The molecule has 0 bridgehead atoms. The van der Waals surface area contributed by atoms with Crippen LogP contribution in [-0.4, -0.2) is 20.3 Å². The van der Waals surface area contributed by atoms with Crippen molar-refractivity contribution in [3.8, 4) is 0 Å². The van der Waals surface area contributed by atoms with Gasteiger partial charge in [-0.2, -0.15) is 0 Å². The molecule has 1 aliphatic carbocycles. The Morgan fingerprint density at radius 3 is 2.88 bits per heavy atom. The molecule has 2 nitrogen and oxygen atoms in total. The Kier molecular flexibility index (Phi) is 4.19. The standard InChI is InChI=1S/C15H23NO/c1-11(17-3)10-13-9-8-12-6-4-5-7-14(12)15(13)16-2/h4-7,11,13,15-16H,8-10H2,1-3H3. The van der Waals surface area contributed by atoms with Crippen LogP contribution in [0, 0.1) is 5.92 Å². The van der Waals surface area contributed by atoms with E-state index in [9.17, 15) is 0 Å². The fourth-order valence-electron chi connectivity index (χ4n) is 2.99. The number of methoxy groups -OCH3 is 1. The van der Waals surface area contributed by atoms with Gasteiger partial charge in [-0.15, -0.1) is 0 Å². The highest BCUT2D eigenvalue weighted by atomic mass is 16.5. The minimum atomic E-state index is 0.348. The summed E-state index contributed by atoms with van der Waals surface area (Å²) in [4.78, 5) is 0. The van der Waals surface area contributed by atoms with E-state index in [1.54, 1.807) is 7.11 Å². The normalized spacial score (nSPS) is 25.4. The van der Waals surface area contributed by atoms with Gasteiger partial charge in [-0.05, 0) is 50.3 Å². The number of benzene rings is 1. The summed E-state index contributed by atoms with van der Waals surface area (Å²) in [5, 5.41) is 3.48. The minimum absolute atomic E-state index is 0.348. The van der Waals surface area contributed by atoms with Gasteiger partial charge in [-0.1, -0.05) is 24.3 Å². The Hall–Kier alpha value is -0.860. The Morgan fingerprint density at radius 2 is 2.18 bits per heavy atom. The zero-order valence-corrected chi connectivity index (χ0v) is 11.1. The molecule has 17 heavy (non-hydrogen) atoms. The molecule has 0 fully saturated rings. The van der Waals surface area contributed by atoms with Crippen LogP contribution in [0.25, 0.3) is 0 Å². The number of fused-ring (bicyclic) bond motifs is 1. The Bertz CT molecular complexity index is 364. The average Bonchev–Trinajstić information content (AvgIpc) is 2.38. The summed E-state index contributed by atoms with van der Waals surface area (Å²) in [6.07, 6.45) is 3.95. The number of nitrogens with one attached hydrogen (secondary N) is 1. The summed E-state index contributed by atoms with van der Waals surface area (Å²) in [7, 11) is 3.87. The van der Waals surface area contributed by atoms with Gasteiger partial charge in [-0.3, -0.25) is 0 Å². The first kappa shape index (κ1) is 12.6. The smallest absolute Gasteiger partial charge is 0.0546 e. The summed E-state index contributed by atoms with van der Waals surface area (Å²) >= 11 is 0. The molecule has 0 aliphatic heterocycles. The van der Waals surface area contributed by atoms with E-state index in [1.165, 1.54) is 24.0 Å². The highest BCUT2D eigenvalue weighted by Gasteiger charge is 2.29. The maximum Gasteiger partial charge on any atom is 0.0546 e. The molecule has 0 heterocycles. The van der Waals surface area contributed by atoms with Gasteiger partial charge < -0.3 is 10.1 Å². The fourth-order valence-corrected chi connectivity index (χ4v) is 2.99. The molecular formula is C15H23NO. The maximum absolute atomic E-state index is 5.41. The molecule has 1 aliphatic rings. The van der Waals surface area contributed by atoms with Crippen LogP contribution < -0.4 is 5.32 Å². The van der Waals surface area contributed by atoms with Crippen LogP contribution in [-0.2, 0) is 11.2 Å². The van der Waals surface area contributed by atoms with Crippen LogP contribution in [0.15, 0.2) is 24.3 Å². The number of hydrogen-bond acceptors (Lipinski definition) is 2. The molecule has 1 aromatic carbocycles. The Morgan fingerprint density at radius 1 is 1.41 bits per heavy atom. The topological polar surface area (TPSA) is 21.3 Å². The predicted octanol–water partition coefficient (Wildman–Crippen LogP) is 2.93. The van der Waals surface area contributed by atoms with E-state index in [0.717, 1.165) is 6.42 Å². The second-order valence-electron chi connectivity index (χ2n) is 5.05. The van der Waals surface area contributed by atoms with Gasteiger partial charge in [0.2, 0.25) is 0 Å². The average molecular weight is 233 g/mol. The van der Waals surface area contributed by atoms with Crippen molar-refractivity contribution in [2.75, 3.05) is 14.2 Å². The molecule has 1 aromatic rings. The van der Waals surface area contributed by atoms with Crippen molar-refractivity contribution in [1.82, 2.24) is 5.32 Å². The molecule has 3 atom stereocenters. The lowest BCUT2D eigenvalue weighted by Gasteiger charge is -2.34. The molecule has 0 aromatic heterocycles. The zero-order valence-electron chi connectivity index (χ0n) is 11.1. The van der Waals surface area contributed by atoms with E-state index in [1.807, 2.05) is 0 Å². The van der Waals surface area contributed by atoms with Crippen LogP contribution in [0.3, 0.4) is 0 Å². The number of ether oxygens (including phenoxy) is 1. The van der Waals surface area contributed by atoms with E-state index in [0.29, 0.717) is 18.1 Å². The summed E-state index contributed by atoms with van der Waals surface area (Å²) in [6, 6.07) is 9.29. The molecule has 3 unspecified atom stereocenters. The SMILES string of the molecule is CNC1c2ccccc2CCC1CC(C)OC. The molecule has 2 rings (SSSR count). The van der Waals surface area contributed by atoms with Crippen molar-refractivity contribution in [2.45, 2.75) is 38.3 Å². The summed E-state index contributed by atoms with van der Waals surface area (Å²) in [5.74, 6) is 0.685. The van der Waals surface area contributed by atoms with Crippen molar-refractivity contribution in [2.24, 2.45) is 5.92 Å². The van der Waals surface area contributed by atoms with Crippen LogP contribution in [0.5, 0.6) is 0 Å². The van der Waals surface area contributed by atoms with Crippen molar-refractivity contribution in [1.29, 1.82) is 0 Å². The molecule has 0 spiro atoms. The Labute approximate surface area is 104 Å². The third kappa shape index (κ3) is 2.70. The van der Waals surface area contributed by atoms with E-state index in [2.05, 4.69) is 43.6 Å². The van der Waals surface area contributed by atoms with Crippen molar-refractivity contribution in [3.05, 3.63) is 35.4 Å². The maximum atomic E-state index is 5.41. The molecule has 0 radical (unpaired) electrons. The number of aryl methyl sites for hydroxylation is 1. The second-order valence-corrected chi connectivity index (χ2v) is 5.05. The molecule has 2 heteroatoms. The van der Waals surface area contributed by atoms with Crippen molar-refractivity contribution < 1.29 is 4.74 Å². The lowest BCUT2D eigenvalue weighted by atomic mass is 9.77. The van der Waals surface area contributed by atoms with E-state index in [4.69, 9.17) is 4.74 Å². The van der Waals surface area contributed by atoms with Gasteiger partial charge >= 0.3 is 0 Å². The third-order valence-electron chi connectivity index (χ3n) is 3.99. The summed E-state index contributed by atoms with van der Waals surface area (Å²) in [5.41, 5.74) is 2.99. The fraction of sp³-hybridized carbons (Fsp3) is 0.600. The van der Waals surface area contributed by atoms with Crippen LogP contribution in [0.2, 0.25) is 0 Å². The van der Waals surface area contributed by atoms with Crippen molar-refractivity contribution in [3.63, 3.8) is 0 Å². The highest BCUT2D eigenvalue weighted by Crippen LogP contribution is 2.36. The van der Waals surface area contributed by atoms with E-state index < -0.39 is 0 Å². The van der Waals surface area contributed by atoms with Gasteiger partial charge in [0.15, 0.2) is 0 Å². The molecule has 0 amide bonds. The summed E-state index contributed by atoms with van der Waals surface area (Å²) < 4.78 is 5.41. The molecule has 94 valence electrons. The minimum Gasteiger partial charge on any atom is -0.382 e. The van der Waals surface area contributed by atoms with E-state index >= 15 is 0 Å².